The normalized spacial score (nSPS) is 11.3. The minimum absolute atomic E-state index is 0.0755. The van der Waals surface area contributed by atoms with Crippen molar-refractivity contribution in [2.24, 2.45) is 0 Å². The Morgan fingerprint density at radius 2 is 1.82 bits per heavy atom. The van der Waals surface area contributed by atoms with Crippen molar-refractivity contribution in [3.05, 3.63) is 108 Å². The standard InChI is InChI=1S/C32H23N5O2S/c1-19(38)29-12-13-30(40-29)23-8-5-9-26-24(23)15-28(34-26)32-31-27(36-37-32)11-10-25(35-31)21-14-22(17-33-16-21)39-18-20-6-3-2-4-7-20/h2-17,34H,18H2,1H3,(H,36,37). The van der Waals surface area contributed by atoms with Crippen LogP contribution in [0.5, 0.6) is 5.75 Å². The molecule has 0 radical (unpaired) electrons. The number of hydrogen-bond acceptors (Lipinski definition) is 6. The summed E-state index contributed by atoms with van der Waals surface area (Å²) in [4.78, 5) is 26.5. The monoisotopic (exact) mass is 541 g/mol. The third-order valence-electron chi connectivity index (χ3n) is 6.80. The van der Waals surface area contributed by atoms with E-state index in [9.17, 15) is 4.79 Å². The highest BCUT2D eigenvalue weighted by Gasteiger charge is 2.16. The van der Waals surface area contributed by atoms with Gasteiger partial charge in [0.25, 0.3) is 0 Å². The number of rotatable bonds is 7. The van der Waals surface area contributed by atoms with E-state index < -0.39 is 0 Å². The average Bonchev–Trinajstić information content (AvgIpc) is 3.74. The number of aromatic amines is 2. The van der Waals surface area contributed by atoms with Gasteiger partial charge < -0.3 is 9.72 Å². The van der Waals surface area contributed by atoms with Gasteiger partial charge in [0.1, 0.15) is 23.6 Å². The van der Waals surface area contributed by atoms with E-state index >= 15 is 0 Å². The number of thiophene rings is 1. The Morgan fingerprint density at radius 1 is 0.925 bits per heavy atom. The van der Waals surface area contributed by atoms with Crippen LogP contribution in [0.25, 0.3) is 55.0 Å². The van der Waals surface area contributed by atoms with Gasteiger partial charge in [0.05, 0.1) is 28.0 Å². The van der Waals surface area contributed by atoms with Crippen LogP contribution >= 0.6 is 11.3 Å². The summed E-state index contributed by atoms with van der Waals surface area (Å²) in [6, 6.07) is 28.1. The lowest BCUT2D eigenvalue weighted by Gasteiger charge is -2.08. The zero-order valence-electron chi connectivity index (χ0n) is 21.5. The van der Waals surface area contributed by atoms with E-state index in [4.69, 9.17) is 9.72 Å². The molecule has 5 aromatic heterocycles. The first-order chi connectivity index (χ1) is 19.6. The predicted octanol–water partition coefficient (Wildman–Crippen LogP) is 7.68. The Kier molecular flexibility index (Phi) is 5.94. The summed E-state index contributed by atoms with van der Waals surface area (Å²) >= 11 is 1.51. The quantitative estimate of drug-likeness (QED) is 0.202. The lowest BCUT2D eigenvalue weighted by atomic mass is 10.1. The van der Waals surface area contributed by atoms with Crippen LogP contribution in [-0.4, -0.2) is 30.9 Å². The van der Waals surface area contributed by atoms with Crippen LogP contribution in [0, 0.1) is 0 Å². The van der Waals surface area contributed by atoms with Crippen molar-refractivity contribution in [3.63, 3.8) is 0 Å². The lowest BCUT2D eigenvalue weighted by molar-refractivity contribution is 0.102. The number of pyridine rings is 2. The van der Waals surface area contributed by atoms with Gasteiger partial charge in [-0.25, -0.2) is 4.98 Å². The zero-order chi connectivity index (χ0) is 27.1. The molecule has 0 amide bonds. The molecule has 0 aliphatic carbocycles. The van der Waals surface area contributed by atoms with Crippen molar-refractivity contribution < 1.29 is 9.53 Å². The summed E-state index contributed by atoms with van der Waals surface area (Å²) in [5, 5.41) is 8.78. The number of carbonyl (C=O) groups is 1. The molecule has 2 N–H and O–H groups in total. The molecule has 0 saturated heterocycles. The van der Waals surface area contributed by atoms with E-state index in [1.165, 1.54) is 11.3 Å². The number of hydrogen-bond donors (Lipinski definition) is 2. The van der Waals surface area contributed by atoms with Crippen LogP contribution in [0.3, 0.4) is 0 Å². The SMILES string of the molecule is CC(=O)c1ccc(-c2cccc3[nH]c(-c4n[nH]c5ccc(-c6cncc(OCc7ccccc7)c6)nc45)cc23)s1. The average molecular weight is 542 g/mol. The summed E-state index contributed by atoms with van der Waals surface area (Å²) in [5.74, 6) is 0.756. The van der Waals surface area contributed by atoms with Crippen LogP contribution in [0.15, 0.2) is 97.3 Å². The van der Waals surface area contributed by atoms with Crippen molar-refractivity contribution in [1.82, 2.24) is 25.1 Å². The van der Waals surface area contributed by atoms with E-state index in [0.717, 1.165) is 65.5 Å². The van der Waals surface area contributed by atoms with Gasteiger partial charge in [0, 0.05) is 33.1 Å². The summed E-state index contributed by atoms with van der Waals surface area (Å²) < 4.78 is 5.98. The Hall–Kier alpha value is -5.08. The van der Waals surface area contributed by atoms with Gasteiger partial charge in [-0.3, -0.25) is 14.9 Å². The Bertz CT molecular complexity index is 2000. The van der Waals surface area contributed by atoms with Crippen molar-refractivity contribution in [2.75, 3.05) is 0 Å². The molecule has 5 heterocycles. The van der Waals surface area contributed by atoms with Crippen molar-refractivity contribution in [1.29, 1.82) is 0 Å². The molecule has 7 rings (SSSR count). The number of aromatic nitrogens is 5. The second kappa shape index (κ2) is 9.91. The fourth-order valence-electron chi connectivity index (χ4n) is 4.80. The molecule has 40 heavy (non-hydrogen) atoms. The van der Waals surface area contributed by atoms with Gasteiger partial charge in [-0.05, 0) is 55.0 Å². The molecule has 0 bridgehead atoms. The van der Waals surface area contributed by atoms with Gasteiger partial charge in [0.2, 0.25) is 0 Å². The second-order valence-electron chi connectivity index (χ2n) is 9.52. The van der Waals surface area contributed by atoms with Crippen molar-refractivity contribution >= 4 is 39.1 Å². The van der Waals surface area contributed by atoms with Gasteiger partial charge in [-0.2, -0.15) is 5.10 Å². The predicted molar refractivity (Wildman–Crippen MR) is 159 cm³/mol. The van der Waals surface area contributed by atoms with Crippen LogP contribution in [0.2, 0.25) is 0 Å². The fraction of sp³-hybridized carbons (Fsp3) is 0.0625. The van der Waals surface area contributed by atoms with Crippen LogP contribution in [0.1, 0.15) is 22.2 Å². The summed E-state index contributed by atoms with van der Waals surface area (Å²) in [7, 11) is 0. The van der Waals surface area contributed by atoms with E-state index in [2.05, 4.69) is 32.3 Å². The van der Waals surface area contributed by atoms with Gasteiger partial charge in [0.15, 0.2) is 5.78 Å². The highest BCUT2D eigenvalue weighted by Crippen LogP contribution is 2.37. The minimum atomic E-state index is 0.0755. The first-order valence-corrected chi connectivity index (χ1v) is 13.6. The van der Waals surface area contributed by atoms with Crippen molar-refractivity contribution in [3.8, 4) is 38.8 Å². The highest BCUT2D eigenvalue weighted by atomic mass is 32.1. The number of nitrogens with one attached hydrogen (secondary N) is 2. The molecular formula is C32H23N5O2S. The van der Waals surface area contributed by atoms with Gasteiger partial charge >= 0.3 is 0 Å². The number of ketones is 1. The van der Waals surface area contributed by atoms with E-state index in [0.29, 0.717) is 12.4 Å². The first kappa shape index (κ1) is 24.0. The maximum Gasteiger partial charge on any atom is 0.169 e. The molecular weight excluding hydrogens is 518 g/mol. The third kappa shape index (κ3) is 4.44. The molecule has 0 saturated carbocycles. The van der Waals surface area contributed by atoms with Crippen LogP contribution in [-0.2, 0) is 6.61 Å². The largest absolute Gasteiger partial charge is 0.487 e. The third-order valence-corrected chi connectivity index (χ3v) is 8.02. The summed E-state index contributed by atoms with van der Waals surface area (Å²) in [6.45, 7) is 2.06. The van der Waals surface area contributed by atoms with E-state index in [-0.39, 0.29) is 5.78 Å². The van der Waals surface area contributed by atoms with Gasteiger partial charge in [-0.15, -0.1) is 11.3 Å². The number of benzene rings is 2. The zero-order valence-corrected chi connectivity index (χ0v) is 22.3. The van der Waals surface area contributed by atoms with Crippen molar-refractivity contribution in [2.45, 2.75) is 13.5 Å². The molecule has 0 spiro atoms. The molecule has 0 aliphatic rings. The number of carbonyl (C=O) groups excluding carboxylic acids is 1. The molecule has 7 aromatic rings. The Morgan fingerprint density at radius 3 is 2.67 bits per heavy atom. The second-order valence-corrected chi connectivity index (χ2v) is 10.6. The topological polar surface area (TPSA) is 96.6 Å². The maximum absolute atomic E-state index is 11.9. The number of fused-ring (bicyclic) bond motifs is 2. The molecule has 0 fully saturated rings. The number of Topliss-reactive ketones (excluding diaryl/α,β-unsaturated/α-hetero) is 1. The molecule has 0 atom stereocenters. The number of ether oxygens (including phenoxy) is 1. The number of nitrogens with zero attached hydrogens (tertiary/aromatic N) is 3. The number of H-pyrrole nitrogens is 2. The van der Waals surface area contributed by atoms with Gasteiger partial charge in [-0.1, -0.05) is 42.5 Å². The highest BCUT2D eigenvalue weighted by molar-refractivity contribution is 7.17. The molecule has 0 aliphatic heterocycles. The smallest absolute Gasteiger partial charge is 0.169 e. The Balaban J connectivity index is 1.23. The molecule has 0 unspecified atom stereocenters. The lowest BCUT2D eigenvalue weighted by Crippen LogP contribution is -1.96. The molecule has 2 aromatic carbocycles. The fourth-order valence-corrected chi connectivity index (χ4v) is 5.74. The summed E-state index contributed by atoms with van der Waals surface area (Å²) in [6.07, 6.45) is 3.50. The van der Waals surface area contributed by atoms with E-state index in [1.807, 2.05) is 72.8 Å². The van der Waals surface area contributed by atoms with E-state index in [1.54, 1.807) is 19.3 Å². The molecule has 7 nitrogen and oxygen atoms in total. The maximum atomic E-state index is 11.9. The van der Waals surface area contributed by atoms with Crippen LogP contribution in [0.4, 0.5) is 0 Å². The molecule has 8 heteroatoms. The minimum Gasteiger partial charge on any atom is -0.487 e. The van der Waals surface area contributed by atoms with Crippen LogP contribution < -0.4 is 4.74 Å². The Labute approximate surface area is 233 Å². The summed E-state index contributed by atoms with van der Waals surface area (Å²) in [5.41, 5.74) is 7.99. The molecule has 194 valence electrons. The first-order valence-electron chi connectivity index (χ1n) is 12.8.